The topological polar surface area (TPSA) is 111 Å². The predicted molar refractivity (Wildman–Crippen MR) is 114 cm³/mol. The van der Waals surface area contributed by atoms with Gasteiger partial charge in [-0.2, -0.15) is 0 Å². The van der Waals surface area contributed by atoms with Crippen molar-refractivity contribution in [2.45, 2.75) is 17.5 Å². The summed E-state index contributed by atoms with van der Waals surface area (Å²) >= 11 is 0. The van der Waals surface area contributed by atoms with Crippen molar-refractivity contribution in [1.29, 1.82) is 0 Å². The molecule has 1 atom stereocenters. The second-order valence-corrected chi connectivity index (χ2v) is 9.34. The van der Waals surface area contributed by atoms with E-state index in [-0.39, 0.29) is 27.8 Å². The fourth-order valence-corrected chi connectivity index (χ4v) is 4.71. The summed E-state index contributed by atoms with van der Waals surface area (Å²) < 4.78 is 54.2. The quantitative estimate of drug-likeness (QED) is 0.546. The number of hydrogen-bond acceptors (Lipinski definition) is 5. The van der Waals surface area contributed by atoms with Crippen LogP contribution in [-0.2, 0) is 16.6 Å². The van der Waals surface area contributed by atoms with Crippen LogP contribution in [0.4, 0.5) is 8.78 Å². The van der Waals surface area contributed by atoms with Gasteiger partial charge in [0.05, 0.1) is 16.3 Å². The molecule has 0 unspecified atom stereocenters. The Bertz CT molecular complexity index is 1400. The summed E-state index contributed by atoms with van der Waals surface area (Å²) in [6.45, 7) is 0.581. The van der Waals surface area contributed by atoms with Gasteiger partial charge in [0.2, 0.25) is 10.0 Å². The molecule has 32 heavy (non-hydrogen) atoms. The fraction of sp³-hybridized carbons (Fsp3) is 0.238. The fourth-order valence-electron chi connectivity index (χ4n) is 3.94. The van der Waals surface area contributed by atoms with Crippen molar-refractivity contribution >= 4 is 26.7 Å². The van der Waals surface area contributed by atoms with Crippen LogP contribution in [0, 0.1) is 11.6 Å². The van der Waals surface area contributed by atoms with Crippen molar-refractivity contribution in [3.8, 4) is 0 Å². The van der Waals surface area contributed by atoms with Gasteiger partial charge in [0.15, 0.2) is 11.6 Å². The summed E-state index contributed by atoms with van der Waals surface area (Å²) in [4.78, 5) is 29.6. The SMILES string of the molecule is CNS(=O)(=O)c1cccc(C(=O)N(C)[C@@H]2CNCc3[nH]c(=O)c4cc(F)c(F)cc4c32)c1. The molecule has 0 bridgehead atoms. The van der Waals surface area contributed by atoms with Gasteiger partial charge in [0, 0.05) is 37.0 Å². The Morgan fingerprint density at radius 1 is 1.16 bits per heavy atom. The number of fused-ring (bicyclic) bond motifs is 3. The van der Waals surface area contributed by atoms with Crippen molar-refractivity contribution in [1.82, 2.24) is 19.9 Å². The maximum Gasteiger partial charge on any atom is 0.256 e. The summed E-state index contributed by atoms with van der Waals surface area (Å²) in [5.74, 6) is -2.71. The minimum absolute atomic E-state index is 0.0162. The molecule has 4 rings (SSSR count). The number of aromatic amines is 1. The first-order valence-corrected chi connectivity index (χ1v) is 11.2. The summed E-state index contributed by atoms with van der Waals surface area (Å²) in [7, 11) is -0.946. The zero-order chi connectivity index (χ0) is 23.2. The van der Waals surface area contributed by atoms with Gasteiger partial charge in [-0.3, -0.25) is 9.59 Å². The number of pyridine rings is 1. The monoisotopic (exact) mass is 462 g/mol. The number of halogens is 2. The average molecular weight is 462 g/mol. The highest BCUT2D eigenvalue weighted by Crippen LogP contribution is 2.32. The van der Waals surface area contributed by atoms with E-state index in [1.165, 1.54) is 43.3 Å². The minimum atomic E-state index is -3.75. The number of sulfonamides is 1. The Morgan fingerprint density at radius 2 is 1.84 bits per heavy atom. The van der Waals surface area contributed by atoms with Gasteiger partial charge >= 0.3 is 0 Å². The second kappa shape index (κ2) is 8.08. The molecule has 8 nitrogen and oxygen atoms in total. The number of rotatable bonds is 4. The molecule has 3 aromatic rings. The summed E-state index contributed by atoms with van der Waals surface area (Å²) in [5.41, 5.74) is 0.559. The highest BCUT2D eigenvalue weighted by molar-refractivity contribution is 7.89. The Morgan fingerprint density at radius 3 is 2.53 bits per heavy atom. The molecule has 2 aromatic carbocycles. The first-order valence-electron chi connectivity index (χ1n) is 9.69. The lowest BCUT2D eigenvalue weighted by molar-refractivity contribution is 0.0723. The van der Waals surface area contributed by atoms with Crippen molar-refractivity contribution < 1.29 is 22.0 Å². The molecule has 11 heteroatoms. The highest BCUT2D eigenvalue weighted by atomic mass is 32.2. The molecule has 1 amide bonds. The first kappa shape index (κ1) is 22.1. The summed E-state index contributed by atoms with van der Waals surface area (Å²) in [5, 5.41) is 3.31. The number of aromatic nitrogens is 1. The van der Waals surface area contributed by atoms with E-state index in [2.05, 4.69) is 15.0 Å². The molecule has 2 heterocycles. The molecule has 0 aliphatic carbocycles. The normalized spacial score (nSPS) is 16.1. The zero-order valence-corrected chi connectivity index (χ0v) is 18.0. The van der Waals surface area contributed by atoms with E-state index >= 15 is 0 Å². The van der Waals surface area contributed by atoms with Gasteiger partial charge in [-0.15, -0.1) is 0 Å². The van der Waals surface area contributed by atoms with E-state index in [0.29, 0.717) is 17.8 Å². The minimum Gasteiger partial charge on any atom is -0.333 e. The lowest BCUT2D eigenvalue weighted by atomic mass is 9.93. The Labute approximate surface area is 182 Å². The molecule has 1 aliphatic heterocycles. The van der Waals surface area contributed by atoms with Crippen LogP contribution in [0.1, 0.15) is 27.7 Å². The summed E-state index contributed by atoms with van der Waals surface area (Å²) in [6, 6.07) is 6.78. The number of likely N-dealkylation sites (N-methyl/N-ethyl adjacent to an activating group) is 1. The number of carbonyl (C=O) groups is 1. The number of hydrogen-bond donors (Lipinski definition) is 3. The van der Waals surface area contributed by atoms with Gasteiger partial charge in [-0.1, -0.05) is 6.07 Å². The van der Waals surface area contributed by atoms with Crippen molar-refractivity contribution in [2.24, 2.45) is 0 Å². The molecule has 0 radical (unpaired) electrons. The van der Waals surface area contributed by atoms with Gasteiger partial charge in [0.1, 0.15) is 0 Å². The van der Waals surface area contributed by atoms with E-state index in [1.54, 1.807) is 0 Å². The maximum atomic E-state index is 14.0. The molecule has 1 aliphatic rings. The van der Waals surface area contributed by atoms with Crippen LogP contribution in [-0.4, -0.2) is 44.8 Å². The molecule has 3 N–H and O–H groups in total. The van der Waals surface area contributed by atoms with Crippen LogP contribution in [0.2, 0.25) is 0 Å². The van der Waals surface area contributed by atoms with Crippen molar-refractivity contribution in [3.05, 3.63) is 75.2 Å². The molecule has 0 fully saturated rings. The third-order valence-electron chi connectivity index (χ3n) is 5.61. The van der Waals surface area contributed by atoms with Crippen LogP contribution in [0.3, 0.4) is 0 Å². The lowest BCUT2D eigenvalue weighted by Gasteiger charge is -2.34. The van der Waals surface area contributed by atoms with Gasteiger partial charge in [0.25, 0.3) is 11.5 Å². The van der Waals surface area contributed by atoms with E-state index in [0.717, 1.165) is 12.1 Å². The largest absolute Gasteiger partial charge is 0.333 e. The number of nitrogens with zero attached hydrogens (tertiary/aromatic N) is 1. The Balaban J connectivity index is 1.81. The molecule has 0 saturated carbocycles. The smallest absolute Gasteiger partial charge is 0.256 e. The molecular weight excluding hydrogens is 442 g/mol. The maximum absolute atomic E-state index is 14.0. The number of nitrogens with one attached hydrogen (secondary N) is 3. The van der Waals surface area contributed by atoms with Crippen LogP contribution < -0.4 is 15.6 Å². The lowest BCUT2D eigenvalue weighted by Crippen LogP contribution is -2.42. The van der Waals surface area contributed by atoms with Gasteiger partial charge in [-0.05, 0) is 42.8 Å². The molecular formula is C21H20F2N4O4S. The van der Waals surface area contributed by atoms with Gasteiger partial charge < -0.3 is 15.2 Å². The molecule has 0 spiro atoms. The third kappa shape index (κ3) is 3.68. The average Bonchev–Trinajstić information content (AvgIpc) is 2.79. The summed E-state index contributed by atoms with van der Waals surface area (Å²) in [6.07, 6.45) is 0. The highest BCUT2D eigenvalue weighted by Gasteiger charge is 2.31. The number of H-pyrrole nitrogens is 1. The number of carbonyl (C=O) groups excluding carboxylic acids is 1. The third-order valence-corrected chi connectivity index (χ3v) is 7.02. The van der Waals surface area contributed by atoms with Crippen LogP contribution in [0.5, 0.6) is 0 Å². The van der Waals surface area contributed by atoms with Crippen LogP contribution in [0.15, 0.2) is 46.1 Å². The van der Waals surface area contributed by atoms with Gasteiger partial charge in [-0.25, -0.2) is 21.9 Å². The number of amides is 1. The van der Waals surface area contributed by atoms with Crippen molar-refractivity contribution in [3.63, 3.8) is 0 Å². The van der Waals surface area contributed by atoms with E-state index < -0.39 is 39.2 Å². The number of benzene rings is 2. The molecule has 1 aromatic heterocycles. The van der Waals surface area contributed by atoms with E-state index in [4.69, 9.17) is 0 Å². The predicted octanol–water partition coefficient (Wildman–Crippen LogP) is 1.63. The first-order chi connectivity index (χ1) is 15.1. The zero-order valence-electron chi connectivity index (χ0n) is 17.2. The van der Waals surface area contributed by atoms with Crippen molar-refractivity contribution in [2.75, 3.05) is 20.6 Å². The van der Waals surface area contributed by atoms with E-state index in [9.17, 15) is 26.8 Å². The van der Waals surface area contributed by atoms with Crippen LogP contribution in [0.25, 0.3) is 10.8 Å². The van der Waals surface area contributed by atoms with Crippen LogP contribution >= 0.6 is 0 Å². The Hall–Kier alpha value is -3.15. The molecule has 0 saturated heterocycles. The second-order valence-electron chi connectivity index (χ2n) is 7.46. The Kier molecular flexibility index (Phi) is 5.57. The van der Waals surface area contributed by atoms with E-state index in [1.807, 2.05) is 0 Å². The molecule has 168 valence electrons. The standard InChI is InChI=1S/C21H20F2N4O4S/c1-24-32(30,31)12-5-3-4-11(6-12)21(29)27(2)18-10-25-9-17-19(18)13-7-15(22)16(23)8-14(13)20(28)26-17/h3-8,18,24-25H,9-10H2,1-2H3,(H,26,28)/t18-/m1/s1.